The average molecular weight is 859 g/mol. The van der Waals surface area contributed by atoms with Gasteiger partial charge >= 0.3 is 11.9 Å². The monoisotopic (exact) mass is 859 g/mol. The van der Waals surface area contributed by atoms with Crippen LogP contribution in [0.2, 0.25) is 0 Å². The summed E-state index contributed by atoms with van der Waals surface area (Å²) in [6.07, 6.45) is 18.7. The molecule has 1 unspecified atom stereocenters. The van der Waals surface area contributed by atoms with E-state index in [1.807, 2.05) is 0 Å². The molecular weight excluding hydrogens is 780 g/mol. The van der Waals surface area contributed by atoms with Gasteiger partial charge in [-0.05, 0) is 39.0 Å². The smallest absolute Gasteiger partial charge is 0.326 e. The summed E-state index contributed by atoms with van der Waals surface area (Å²) < 4.78 is 21.3. The highest BCUT2D eigenvalue weighted by molar-refractivity contribution is 5.84. The van der Waals surface area contributed by atoms with E-state index in [2.05, 4.69) is 16.0 Å². The van der Waals surface area contributed by atoms with Crippen LogP contribution in [0.1, 0.15) is 148 Å². The van der Waals surface area contributed by atoms with Crippen LogP contribution in [0.25, 0.3) is 0 Å². The molecule has 17 heteroatoms. The average Bonchev–Trinajstić information content (AvgIpc) is 3.20. The lowest BCUT2D eigenvalue weighted by molar-refractivity contribution is -0.149. The lowest BCUT2D eigenvalue weighted by atomic mass is 10.0. The highest BCUT2D eigenvalue weighted by atomic mass is 16.5. The van der Waals surface area contributed by atoms with E-state index in [4.69, 9.17) is 24.1 Å². The molecular formula is C43H78N4O13. The quantitative estimate of drug-likeness (QED) is 0.0529. The van der Waals surface area contributed by atoms with Crippen molar-refractivity contribution in [3.8, 4) is 0 Å². The van der Waals surface area contributed by atoms with Crippen molar-refractivity contribution in [2.45, 2.75) is 154 Å². The highest BCUT2D eigenvalue weighted by Gasteiger charge is 2.26. The molecule has 5 N–H and O–H groups in total. The van der Waals surface area contributed by atoms with Crippen LogP contribution in [0.15, 0.2) is 0 Å². The number of carboxylic acid groups (broad SMARTS) is 2. The lowest BCUT2D eigenvalue weighted by Gasteiger charge is -2.25. The summed E-state index contributed by atoms with van der Waals surface area (Å²) in [5.41, 5.74) is 0. The van der Waals surface area contributed by atoms with Crippen molar-refractivity contribution in [2.24, 2.45) is 0 Å². The standard InChI is InChI=1S/C43H78N4O13/c1-36(48)20-16-15-19-25-44-39(50)34-59-32-31-58-29-27-46-40(51)35-60-33-30-57-28-26-45-38(49)24-23-37(43(55)56)47(2)41(52)21-17-13-11-9-7-5-3-4-6-8-10-12-14-18-22-42(53)54/h37H,3-35H2,1-2H3,(H,44,50)(H,45,49)(H,46,51)(H,53,54)(H,55,56). The van der Waals surface area contributed by atoms with Crippen LogP contribution in [0.5, 0.6) is 0 Å². The molecule has 0 heterocycles. The third-order valence-corrected chi connectivity index (χ3v) is 9.70. The summed E-state index contributed by atoms with van der Waals surface area (Å²) in [5.74, 6) is -2.79. The Kier molecular flexibility index (Phi) is 38.2. The van der Waals surface area contributed by atoms with Crippen molar-refractivity contribution < 1.29 is 62.7 Å². The van der Waals surface area contributed by atoms with E-state index in [1.54, 1.807) is 6.92 Å². The van der Waals surface area contributed by atoms with Gasteiger partial charge in [0.2, 0.25) is 23.6 Å². The zero-order chi connectivity index (χ0) is 44.5. The summed E-state index contributed by atoms with van der Waals surface area (Å²) in [4.78, 5) is 83.1. The van der Waals surface area contributed by atoms with Gasteiger partial charge in [0.25, 0.3) is 0 Å². The molecule has 0 aromatic carbocycles. The number of ether oxygens (including phenoxy) is 4. The largest absolute Gasteiger partial charge is 0.481 e. The molecule has 17 nitrogen and oxygen atoms in total. The maximum absolute atomic E-state index is 12.7. The maximum Gasteiger partial charge on any atom is 0.326 e. The van der Waals surface area contributed by atoms with E-state index >= 15 is 0 Å². The van der Waals surface area contributed by atoms with Gasteiger partial charge < -0.3 is 54.8 Å². The molecule has 0 saturated carbocycles. The number of carbonyl (C=O) groups excluding carboxylic acids is 5. The first-order valence-electron chi connectivity index (χ1n) is 22.2. The first-order valence-corrected chi connectivity index (χ1v) is 22.2. The fraction of sp³-hybridized carbons (Fsp3) is 0.837. The number of nitrogens with one attached hydrogen (secondary N) is 3. The van der Waals surface area contributed by atoms with Gasteiger partial charge in [-0.3, -0.25) is 24.0 Å². The zero-order valence-electron chi connectivity index (χ0n) is 36.7. The van der Waals surface area contributed by atoms with Gasteiger partial charge in [0.05, 0.1) is 39.6 Å². The molecule has 0 spiro atoms. The van der Waals surface area contributed by atoms with Crippen molar-refractivity contribution in [3.05, 3.63) is 0 Å². The number of hydrogen-bond donors (Lipinski definition) is 5. The summed E-state index contributed by atoms with van der Waals surface area (Å²) in [7, 11) is 1.47. The Bertz CT molecular complexity index is 1170. The van der Waals surface area contributed by atoms with Crippen molar-refractivity contribution in [1.29, 1.82) is 0 Å². The molecule has 0 saturated heterocycles. The summed E-state index contributed by atoms with van der Waals surface area (Å²) in [5, 5.41) is 26.5. The van der Waals surface area contributed by atoms with E-state index in [0.717, 1.165) is 57.8 Å². The molecule has 0 aromatic rings. The molecule has 0 radical (unpaired) electrons. The van der Waals surface area contributed by atoms with Crippen molar-refractivity contribution >= 4 is 41.4 Å². The Morgan fingerprint density at radius 2 is 0.867 bits per heavy atom. The molecule has 0 aliphatic heterocycles. The van der Waals surface area contributed by atoms with Gasteiger partial charge in [-0.25, -0.2) is 4.79 Å². The molecule has 60 heavy (non-hydrogen) atoms. The maximum atomic E-state index is 12.7. The van der Waals surface area contributed by atoms with Gasteiger partial charge in [-0.2, -0.15) is 0 Å². The minimum Gasteiger partial charge on any atom is -0.481 e. The molecule has 0 rings (SSSR count). The van der Waals surface area contributed by atoms with Crippen LogP contribution in [0, 0.1) is 0 Å². The predicted molar refractivity (Wildman–Crippen MR) is 226 cm³/mol. The molecule has 0 fully saturated rings. The van der Waals surface area contributed by atoms with Crippen LogP contribution in [0.3, 0.4) is 0 Å². The number of hydrogen-bond acceptors (Lipinski definition) is 11. The number of unbranched alkanes of at least 4 members (excludes halogenated alkanes) is 15. The van der Waals surface area contributed by atoms with Crippen LogP contribution in [-0.2, 0) is 52.5 Å². The Balaban J connectivity index is 3.73. The molecule has 0 aliphatic rings. The number of amides is 4. The second-order valence-electron chi connectivity index (χ2n) is 15.1. The van der Waals surface area contributed by atoms with Crippen LogP contribution in [-0.4, -0.2) is 142 Å². The Morgan fingerprint density at radius 1 is 0.467 bits per heavy atom. The second kappa shape index (κ2) is 40.7. The van der Waals surface area contributed by atoms with Gasteiger partial charge in [0.15, 0.2) is 0 Å². The van der Waals surface area contributed by atoms with E-state index < -0.39 is 18.0 Å². The van der Waals surface area contributed by atoms with E-state index in [9.17, 15) is 38.7 Å². The molecule has 0 aliphatic carbocycles. The number of aliphatic carboxylic acids is 2. The van der Waals surface area contributed by atoms with E-state index in [-0.39, 0.29) is 121 Å². The van der Waals surface area contributed by atoms with Crippen molar-refractivity contribution in [3.63, 3.8) is 0 Å². The molecule has 4 amide bonds. The minimum atomic E-state index is -1.15. The lowest BCUT2D eigenvalue weighted by Crippen LogP contribution is -2.43. The highest BCUT2D eigenvalue weighted by Crippen LogP contribution is 2.15. The number of Topliss-reactive ketones (excluding diaryl/α,β-unsaturated/α-hetero) is 1. The fourth-order valence-electron chi connectivity index (χ4n) is 6.16. The first-order chi connectivity index (χ1) is 28.9. The fourth-order valence-corrected chi connectivity index (χ4v) is 6.16. The van der Waals surface area contributed by atoms with E-state index in [1.165, 1.54) is 56.9 Å². The summed E-state index contributed by atoms with van der Waals surface area (Å²) >= 11 is 0. The molecule has 1 atom stereocenters. The van der Waals surface area contributed by atoms with Gasteiger partial charge in [0.1, 0.15) is 25.0 Å². The molecule has 348 valence electrons. The number of ketones is 1. The van der Waals surface area contributed by atoms with Crippen LogP contribution in [0.4, 0.5) is 0 Å². The number of nitrogens with zero attached hydrogens (tertiary/aromatic N) is 1. The summed E-state index contributed by atoms with van der Waals surface area (Å²) in [6.45, 7) is 3.78. The number of likely N-dealkylation sites (N-methyl/N-ethyl adjacent to an activating group) is 1. The topological polar surface area (TPSA) is 236 Å². The van der Waals surface area contributed by atoms with Gasteiger partial charge in [0, 0.05) is 52.4 Å². The Hall–Kier alpha value is -3.67. The molecule has 0 bridgehead atoms. The van der Waals surface area contributed by atoms with Gasteiger partial charge in [-0.15, -0.1) is 0 Å². The Morgan fingerprint density at radius 3 is 1.33 bits per heavy atom. The van der Waals surface area contributed by atoms with Crippen LogP contribution < -0.4 is 16.0 Å². The third kappa shape index (κ3) is 38.5. The number of carbonyl (C=O) groups is 7. The van der Waals surface area contributed by atoms with Crippen molar-refractivity contribution in [2.75, 3.05) is 79.5 Å². The van der Waals surface area contributed by atoms with Crippen molar-refractivity contribution in [1.82, 2.24) is 20.9 Å². The van der Waals surface area contributed by atoms with E-state index in [0.29, 0.717) is 19.4 Å². The first kappa shape index (κ1) is 56.3. The summed E-state index contributed by atoms with van der Waals surface area (Å²) in [6, 6.07) is -1.09. The number of carboxylic acids is 2. The Labute approximate surface area is 358 Å². The zero-order valence-corrected chi connectivity index (χ0v) is 36.7. The minimum absolute atomic E-state index is 0.000176. The number of rotatable bonds is 44. The normalized spacial score (nSPS) is 11.5. The van der Waals surface area contributed by atoms with Crippen LogP contribution >= 0.6 is 0 Å². The second-order valence-corrected chi connectivity index (χ2v) is 15.1. The SMILES string of the molecule is CC(=O)CCCCCNC(=O)COCCOCCNC(=O)COCCOCCNC(=O)CCC(C(=O)O)N(C)C(=O)CCCCCCCCCCCCCCCCC(=O)O. The van der Waals surface area contributed by atoms with Gasteiger partial charge in [-0.1, -0.05) is 83.5 Å². The molecule has 0 aromatic heterocycles. The third-order valence-electron chi connectivity index (χ3n) is 9.70. The predicted octanol–water partition coefficient (Wildman–Crippen LogP) is 4.57.